The van der Waals surface area contributed by atoms with E-state index in [1.165, 1.54) is 5.56 Å². The van der Waals surface area contributed by atoms with Crippen molar-refractivity contribution in [2.45, 2.75) is 38.6 Å². The smallest absolute Gasteiger partial charge is 0.0610 e. The summed E-state index contributed by atoms with van der Waals surface area (Å²) in [6.07, 6.45) is 3.07. The van der Waals surface area contributed by atoms with Crippen LogP contribution in [0.15, 0.2) is 30.3 Å². The highest BCUT2D eigenvalue weighted by Gasteiger charge is 2.21. The fraction of sp³-hybridized carbons (Fsp3) is 0.571. The minimum Gasteiger partial charge on any atom is -0.394 e. The highest BCUT2D eigenvalue weighted by Crippen LogP contribution is 2.13. The lowest BCUT2D eigenvalue weighted by molar-refractivity contribution is 0.166. The number of aryl methyl sites for hydroxylation is 1. The summed E-state index contributed by atoms with van der Waals surface area (Å²) < 4.78 is 0. The molecule has 1 atom stereocenters. The van der Waals surface area contributed by atoms with Crippen LogP contribution in [-0.4, -0.2) is 23.8 Å². The van der Waals surface area contributed by atoms with Crippen molar-refractivity contribution >= 4 is 0 Å². The Morgan fingerprint density at radius 2 is 1.94 bits per heavy atom. The molecule has 0 aromatic heterocycles. The molecule has 0 amide bonds. The Balaban J connectivity index is 2.44. The summed E-state index contributed by atoms with van der Waals surface area (Å²) in [7, 11) is 0. The Bertz CT molecular complexity index is 286. The monoisotopic (exact) mass is 221 g/mol. The quantitative estimate of drug-likeness (QED) is 0.741. The van der Waals surface area contributed by atoms with E-state index in [4.69, 9.17) is 0 Å². The van der Waals surface area contributed by atoms with Crippen molar-refractivity contribution in [3.05, 3.63) is 35.9 Å². The fourth-order valence-electron chi connectivity index (χ4n) is 1.72. The second-order valence-electron chi connectivity index (χ2n) is 4.63. The summed E-state index contributed by atoms with van der Waals surface area (Å²) in [5.41, 5.74) is 1.19. The Morgan fingerprint density at radius 3 is 2.50 bits per heavy atom. The van der Waals surface area contributed by atoms with Crippen molar-refractivity contribution in [2.24, 2.45) is 0 Å². The summed E-state index contributed by atoms with van der Waals surface area (Å²) in [4.78, 5) is 0. The van der Waals surface area contributed by atoms with E-state index >= 15 is 0 Å². The van der Waals surface area contributed by atoms with E-state index in [1.54, 1.807) is 0 Å². The summed E-state index contributed by atoms with van der Waals surface area (Å²) in [5.74, 6) is 0. The molecule has 0 radical (unpaired) electrons. The lowest BCUT2D eigenvalue weighted by atomic mass is 9.94. The van der Waals surface area contributed by atoms with Crippen LogP contribution in [0.2, 0.25) is 0 Å². The van der Waals surface area contributed by atoms with Crippen LogP contribution >= 0.6 is 0 Å². The SMILES string of the molecule is CCCNC(C)(CO)CCc1ccccc1. The second-order valence-corrected chi connectivity index (χ2v) is 4.63. The zero-order valence-corrected chi connectivity index (χ0v) is 10.4. The molecule has 2 N–H and O–H groups in total. The van der Waals surface area contributed by atoms with E-state index < -0.39 is 0 Å². The van der Waals surface area contributed by atoms with E-state index in [-0.39, 0.29) is 12.1 Å². The molecule has 0 spiro atoms. The normalized spacial score (nSPS) is 14.7. The van der Waals surface area contributed by atoms with Gasteiger partial charge >= 0.3 is 0 Å². The number of rotatable bonds is 7. The maximum absolute atomic E-state index is 9.43. The molecule has 0 saturated carbocycles. The minimum atomic E-state index is -0.147. The van der Waals surface area contributed by atoms with Gasteiger partial charge in [-0.05, 0) is 38.3 Å². The van der Waals surface area contributed by atoms with Crippen molar-refractivity contribution < 1.29 is 5.11 Å². The van der Waals surface area contributed by atoms with Crippen molar-refractivity contribution in [3.63, 3.8) is 0 Å². The molecular formula is C14H23NO. The third-order valence-corrected chi connectivity index (χ3v) is 2.96. The topological polar surface area (TPSA) is 32.3 Å². The van der Waals surface area contributed by atoms with E-state index in [2.05, 4.69) is 43.4 Å². The Kier molecular flexibility index (Phi) is 5.50. The van der Waals surface area contributed by atoms with Crippen LogP contribution in [0.1, 0.15) is 32.3 Å². The van der Waals surface area contributed by atoms with Crippen molar-refractivity contribution in [2.75, 3.05) is 13.2 Å². The van der Waals surface area contributed by atoms with Gasteiger partial charge in [-0.3, -0.25) is 0 Å². The van der Waals surface area contributed by atoms with E-state index in [0.717, 1.165) is 25.8 Å². The second kappa shape index (κ2) is 6.66. The Hall–Kier alpha value is -0.860. The standard InChI is InChI=1S/C14H23NO/c1-3-11-15-14(2,12-16)10-9-13-7-5-4-6-8-13/h4-8,15-16H,3,9-12H2,1-2H3. The number of aliphatic hydroxyl groups excluding tert-OH is 1. The lowest BCUT2D eigenvalue weighted by Gasteiger charge is -2.28. The zero-order valence-electron chi connectivity index (χ0n) is 10.4. The maximum atomic E-state index is 9.43. The molecule has 1 rings (SSSR count). The van der Waals surface area contributed by atoms with Crippen molar-refractivity contribution in [3.8, 4) is 0 Å². The summed E-state index contributed by atoms with van der Waals surface area (Å²) in [6, 6.07) is 10.4. The van der Waals surface area contributed by atoms with Crippen LogP contribution in [0.3, 0.4) is 0 Å². The van der Waals surface area contributed by atoms with Crippen molar-refractivity contribution in [1.82, 2.24) is 5.32 Å². The molecule has 0 bridgehead atoms. The first-order valence-electron chi connectivity index (χ1n) is 6.10. The fourth-order valence-corrected chi connectivity index (χ4v) is 1.72. The third kappa shape index (κ3) is 4.33. The first-order chi connectivity index (χ1) is 7.70. The molecular weight excluding hydrogens is 198 g/mol. The van der Waals surface area contributed by atoms with Gasteiger partial charge in [0.25, 0.3) is 0 Å². The van der Waals surface area contributed by atoms with E-state index in [9.17, 15) is 5.11 Å². The minimum absolute atomic E-state index is 0.147. The largest absolute Gasteiger partial charge is 0.394 e. The van der Waals surface area contributed by atoms with E-state index in [0.29, 0.717) is 0 Å². The average molecular weight is 221 g/mol. The third-order valence-electron chi connectivity index (χ3n) is 2.96. The molecule has 1 aromatic carbocycles. The van der Waals surface area contributed by atoms with Crippen LogP contribution in [0.25, 0.3) is 0 Å². The number of hydrogen-bond donors (Lipinski definition) is 2. The molecule has 0 aliphatic carbocycles. The van der Waals surface area contributed by atoms with Crippen molar-refractivity contribution in [1.29, 1.82) is 0 Å². The van der Waals surface area contributed by atoms with Gasteiger partial charge in [-0.15, -0.1) is 0 Å². The Labute approximate surface area is 98.7 Å². The van der Waals surface area contributed by atoms with Gasteiger partial charge in [0.1, 0.15) is 0 Å². The molecule has 1 unspecified atom stereocenters. The molecule has 0 saturated heterocycles. The van der Waals surface area contributed by atoms with Crippen LogP contribution in [0.4, 0.5) is 0 Å². The highest BCUT2D eigenvalue weighted by atomic mass is 16.3. The first-order valence-corrected chi connectivity index (χ1v) is 6.10. The molecule has 0 fully saturated rings. The number of aliphatic hydroxyl groups is 1. The molecule has 16 heavy (non-hydrogen) atoms. The van der Waals surface area contributed by atoms with E-state index in [1.807, 2.05) is 6.07 Å². The molecule has 90 valence electrons. The maximum Gasteiger partial charge on any atom is 0.0610 e. The number of nitrogens with one attached hydrogen (secondary N) is 1. The predicted molar refractivity (Wildman–Crippen MR) is 68.5 cm³/mol. The predicted octanol–water partition coefficient (Wildman–Crippen LogP) is 2.37. The first kappa shape index (κ1) is 13.2. The molecule has 2 nitrogen and oxygen atoms in total. The van der Waals surface area contributed by atoms with Gasteiger partial charge in [0, 0.05) is 5.54 Å². The lowest BCUT2D eigenvalue weighted by Crippen LogP contribution is -2.46. The average Bonchev–Trinajstić information content (AvgIpc) is 2.35. The molecule has 0 aliphatic rings. The van der Waals surface area contributed by atoms with Gasteiger partial charge in [0.2, 0.25) is 0 Å². The number of benzene rings is 1. The van der Waals surface area contributed by atoms with Gasteiger partial charge in [0.05, 0.1) is 6.61 Å². The highest BCUT2D eigenvalue weighted by molar-refractivity contribution is 5.15. The molecule has 2 heteroatoms. The van der Waals surface area contributed by atoms with Crippen LogP contribution in [0, 0.1) is 0 Å². The molecule has 0 heterocycles. The summed E-state index contributed by atoms with van der Waals surface area (Å²) in [6.45, 7) is 5.39. The van der Waals surface area contributed by atoms with Crippen LogP contribution < -0.4 is 5.32 Å². The van der Waals surface area contributed by atoms with Gasteiger partial charge in [-0.25, -0.2) is 0 Å². The van der Waals surface area contributed by atoms with Gasteiger partial charge in [-0.1, -0.05) is 37.3 Å². The van der Waals surface area contributed by atoms with Gasteiger partial charge in [0.15, 0.2) is 0 Å². The number of hydrogen-bond acceptors (Lipinski definition) is 2. The van der Waals surface area contributed by atoms with Gasteiger partial charge < -0.3 is 10.4 Å². The van der Waals surface area contributed by atoms with Gasteiger partial charge in [-0.2, -0.15) is 0 Å². The molecule has 0 aliphatic heterocycles. The summed E-state index contributed by atoms with van der Waals surface area (Å²) in [5, 5.41) is 12.8. The Morgan fingerprint density at radius 1 is 1.25 bits per heavy atom. The summed E-state index contributed by atoms with van der Waals surface area (Å²) >= 11 is 0. The zero-order chi connectivity index (χ0) is 11.9. The van der Waals surface area contributed by atoms with Crippen LogP contribution in [-0.2, 0) is 6.42 Å². The molecule has 1 aromatic rings. The van der Waals surface area contributed by atoms with Crippen LogP contribution in [0.5, 0.6) is 0 Å².